The van der Waals surface area contributed by atoms with Crippen LogP contribution in [0.4, 0.5) is 0 Å². The van der Waals surface area contributed by atoms with Gasteiger partial charge in [-0.2, -0.15) is 0 Å². The normalized spacial score (nSPS) is 15.9. The third kappa shape index (κ3) is 6.03. The summed E-state index contributed by atoms with van der Waals surface area (Å²) in [5.74, 6) is 0.744. The summed E-state index contributed by atoms with van der Waals surface area (Å²) in [6, 6.07) is 14.6. The van der Waals surface area contributed by atoms with Crippen LogP contribution in [0.15, 0.2) is 65.2 Å². The molecule has 0 aliphatic carbocycles. The van der Waals surface area contributed by atoms with Crippen molar-refractivity contribution >= 4 is 21.7 Å². The van der Waals surface area contributed by atoms with Crippen LogP contribution in [0, 0.1) is 0 Å². The van der Waals surface area contributed by atoms with Gasteiger partial charge in [-0.25, -0.2) is 0 Å². The predicted molar refractivity (Wildman–Crippen MR) is 110 cm³/mol. The summed E-state index contributed by atoms with van der Waals surface area (Å²) in [7, 11) is 0. The van der Waals surface area contributed by atoms with E-state index in [1.165, 1.54) is 0 Å². The van der Waals surface area contributed by atoms with Gasteiger partial charge in [-0.3, -0.25) is 9.69 Å². The van der Waals surface area contributed by atoms with E-state index in [4.69, 9.17) is 4.74 Å². The van der Waals surface area contributed by atoms with Crippen molar-refractivity contribution in [3.05, 3.63) is 76.3 Å². The maximum absolute atomic E-state index is 12.5. The Labute approximate surface area is 168 Å². The van der Waals surface area contributed by atoms with Gasteiger partial charge in [0.05, 0.1) is 6.10 Å². The van der Waals surface area contributed by atoms with Crippen molar-refractivity contribution in [1.82, 2.24) is 4.90 Å². The van der Waals surface area contributed by atoms with E-state index < -0.39 is 0 Å². The highest BCUT2D eigenvalue weighted by molar-refractivity contribution is 9.10. The second-order valence-electron chi connectivity index (χ2n) is 6.67. The number of aliphatic hydroxyl groups excluding tert-OH is 1. The molecule has 0 saturated carbocycles. The van der Waals surface area contributed by atoms with Crippen molar-refractivity contribution in [1.29, 1.82) is 0 Å². The van der Waals surface area contributed by atoms with E-state index in [1.54, 1.807) is 12.1 Å². The van der Waals surface area contributed by atoms with Crippen molar-refractivity contribution in [3.8, 4) is 5.75 Å². The quantitative estimate of drug-likeness (QED) is 0.532. The van der Waals surface area contributed by atoms with Crippen LogP contribution in [0.5, 0.6) is 5.75 Å². The van der Waals surface area contributed by atoms with Gasteiger partial charge in [0.15, 0.2) is 5.78 Å². The number of carbonyl (C=O) groups excluding carboxylic acids is 1. The van der Waals surface area contributed by atoms with Gasteiger partial charge in [0, 0.05) is 35.2 Å². The monoisotopic (exact) mass is 429 g/mol. The topological polar surface area (TPSA) is 49.8 Å². The molecule has 0 atom stereocenters. The smallest absolute Gasteiger partial charge is 0.193 e. The number of hydrogen-bond donors (Lipinski definition) is 1. The Bertz CT molecular complexity index is 763. The Morgan fingerprint density at radius 1 is 1.04 bits per heavy atom. The Kier molecular flexibility index (Phi) is 7.21. The molecule has 0 spiro atoms. The molecule has 142 valence electrons. The summed E-state index contributed by atoms with van der Waals surface area (Å²) < 4.78 is 6.66. The van der Waals surface area contributed by atoms with Crippen LogP contribution in [0.3, 0.4) is 0 Å². The second kappa shape index (κ2) is 9.83. The van der Waals surface area contributed by atoms with Gasteiger partial charge in [0.25, 0.3) is 0 Å². The van der Waals surface area contributed by atoms with Crippen molar-refractivity contribution < 1.29 is 14.6 Å². The van der Waals surface area contributed by atoms with Gasteiger partial charge in [-0.15, -0.1) is 0 Å². The van der Waals surface area contributed by atoms with Crippen LogP contribution in [0.25, 0.3) is 0 Å². The molecular weight excluding hydrogens is 406 g/mol. The number of rotatable bonds is 7. The lowest BCUT2D eigenvalue weighted by Gasteiger charge is -2.28. The molecule has 27 heavy (non-hydrogen) atoms. The van der Waals surface area contributed by atoms with E-state index in [1.807, 2.05) is 42.5 Å². The zero-order chi connectivity index (χ0) is 19.1. The fourth-order valence-electron chi connectivity index (χ4n) is 3.01. The number of aliphatic hydroxyl groups is 1. The van der Waals surface area contributed by atoms with Crippen LogP contribution in [0.1, 0.15) is 28.8 Å². The van der Waals surface area contributed by atoms with E-state index in [-0.39, 0.29) is 11.9 Å². The predicted octanol–water partition coefficient (Wildman–Crippen LogP) is 4.07. The van der Waals surface area contributed by atoms with Gasteiger partial charge in [-0.1, -0.05) is 28.1 Å². The second-order valence-corrected chi connectivity index (χ2v) is 7.59. The highest BCUT2D eigenvalue weighted by Gasteiger charge is 2.15. The summed E-state index contributed by atoms with van der Waals surface area (Å²) in [6.07, 6.45) is 5.69. The summed E-state index contributed by atoms with van der Waals surface area (Å²) in [4.78, 5) is 14.8. The summed E-state index contributed by atoms with van der Waals surface area (Å²) in [5.41, 5.74) is 1.31. The molecule has 0 amide bonds. The highest BCUT2D eigenvalue weighted by atomic mass is 79.9. The molecule has 0 bridgehead atoms. The lowest BCUT2D eigenvalue weighted by Crippen LogP contribution is -2.35. The third-order valence-corrected chi connectivity index (χ3v) is 5.19. The fraction of sp³-hybridized carbons (Fsp3) is 0.318. The number of nitrogens with zero attached hydrogens (tertiary/aromatic N) is 1. The molecule has 1 N–H and O–H groups in total. The molecule has 0 aromatic heterocycles. The van der Waals surface area contributed by atoms with Crippen LogP contribution < -0.4 is 4.74 Å². The minimum Gasteiger partial charge on any atom is -0.490 e. The Morgan fingerprint density at radius 3 is 2.26 bits per heavy atom. The molecule has 4 nitrogen and oxygen atoms in total. The summed E-state index contributed by atoms with van der Waals surface area (Å²) in [5, 5.41) is 9.50. The highest BCUT2D eigenvalue weighted by Crippen LogP contribution is 2.17. The van der Waals surface area contributed by atoms with E-state index in [9.17, 15) is 9.90 Å². The van der Waals surface area contributed by atoms with Gasteiger partial charge >= 0.3 is 0 Å². The average molecular weight is 430 g/mol. The van der Waals surface area contributed by atoms with E-state index >= 15 is 0 Å². The number of ether oxygens (including phenoxy) is 1. The Morgan fingerprint density at radius 2 is 1.63 bits per heavy atom. The summed E-state index contributed by atoms with van der Waals surface area (Å²) in [6.45, 7) is 3.27. The molecule has 1 aliphatic heterocycles. The standard InChI is InChI=1S/C22H24BrNO3/c23-19-7-3-17(4-8-19)22(26)18-5-9-21(10-6-18)27-16-2-1-13-24-14-11-20(25)12-15-24/h1-10,20,25H,11-16H2. The minimum absolute atomic E-state index is 0.000552. The van der Waals surface area contributed by atoms with Crippen LogP contribution >= 0.6 is 15.9 Å². The maximum atomic E-state index is 12.5. The first-order valence-electron chi connectivity index (χ1n) is 9.20. The minimum atomic E-state index is -0.132. The largest absolute Gasteiger partial charge is 0.490 e. The molecule has 1 saturated heterocycles. The number of benzene rings is 2. The SMILES string of the molecule is O=C(c1ccc(Br)cc1)c1ccc(OCC=CCN2CCC(O)CC2)cc1. The van der Waals surface area contributed by atoms with Crippen LogP contribution in [-0.4, -0.2) is 48.1 Å². The van der Waals surface area contributed by atoms with Crippen LogP contribution in [-0.2, 0) is 0 Å². The van der Waals surface area contributed by atoms with Crippen LogP contribution in [0.2, 0.25) is 0 Å². The molecule has 2 aromatic rings. The van der Waals surface area contributed by atoms with Crippen molar-refractivity contribution in [2.75, 3.05) is 26.2 Å². The first kappa shape index (κ1) is 19.8. The van der Waals surface area contributed by atoms with Crippen molar-refractivity contribution in [3.63, 3.8) is 0 Å². The summed E-state index contributed by atoms with van der Waals surface area (Å²) >= 11 is 3.37. The average Bonchev–Trinajstić information content (AvgIpc) is 2.70. The first-order valence-corrected chi connectivity index (χ1v) is 9.99. The zero-order valence-corrected chi connectivity index (χ0v) is 16.8. The lowest BCUT2D eigenvalue weighted by atomic mass is 10.0. The van der Waals surface area contributed by atoms with Crippen molar-refractivity contribution in [2.24, 2.45) is 0 Å². The number of carbonyl (C=O) groups is 1. The zero-order valence-electron chi connectivity index (χ0n) is 15.2. The molecule has 5 heteroatoms. The molecule has 0 unspecified atom stereocenters. The maximum Gasteiger partial charge on any atom is 0.193 e. The molecule has 3 rings (SSSR count). The Hall–Kier alpha value is -1.95. The Balaban J connectivity index is 1.44. The van der Waals surface area contributed by atoms with Gasteiger partial charge in [-0.05, 0) is 61.4 Å². The number of ketones is 1. The number of piperidine rings is 1. The lowest BCUT2D eigenvalue weighted by molar-refractivity contribution is 0.0879. The molecular formula is C22H24BrNO3. The number of likely N-dealkylation sites (tertiary alicyclic amines) is 1. The molecule has 2 aromatic carbocycles. The first-order chi connectivity index (χ1) is 13.1. The third-order valence-electron chi connectivity index (χ3n) is 4.66. The fourth-order valence-corrected chi connectivity index (χ4v) is 3.27. The number of halogens is 1. The molecule has 1 fully saturated rings. The van der Waals surface area contributed by atoms with E-state index in [0.717, 1.165) is 42.7 Å². The van der Waals surface area contributed by atoms with Gasteiger partial charge in [0.2, 0.25) is 0 Å². The molecule has 0 radical (unpaired) electrons. The van der Waals surface area contributed by atoms with Gasteiger partial charge < -0.3 is 9.84 Å². The molecule has 1 heterocycles. The van der Waals surface area contributed by atoms with E-state index in [2.05, 4.69) is 26.9 Å². The van der Waals surface area contributed by atoms with E-state index in [0.29, 0.717) is 17.7 Å². The number of hydrogen-bond acceptors (Lipinski definition) is 4. The van der Waals surface area contributed by atoms with Gasteiger partial charge in [0.1, 0.15) is 12.4 Å². The van der Waals surface area contributed by atoms with Crippen molar-refractivity contribution in [2.45, 2.75) is 18.9 Å². The molecule has 1 aliphatic rings.